The summed E-state index contributed by atoms with van der Waals surface area (Å²) in [6.07, 6.45) is 3.77. The van der Waals surface area contributed by atoms with Crippen molar-refractivity contribution in [3.8, 4) is 11.3 Å². The standard InChI is InChI=1S/C28H29N5O2/c1-19(2)31-13-15-32(16-14-31)23-6-4-22(5-7-23)30-25-9-10-26(33-12-11-29-27(25)33)20-3-8-24-21(17-20)18-35-28(24)34/h3-12,17,19,30H,13-16,18H2,1-2H3. The number of benzene rings is 2. The number of hydrogen-bond donors (Lipinski definition) is 1. The van der Waals surface area contributed by atoms with E-state index >= 15 is 0 Å². The molecule has 2 aromatic carbocycles. The van der Waals surface area contributed by atoms with Crippen molar-refractivity contribution in [2.75, 3.05) is 36.4 Å². The second-order valence-corrected chi connectivity index (χ2v) is 9.49. The van der Waals surface area contributed by atoms with Crippen LogP contribution in [0.4, 0.5) is 17.1 Å². The van der Waals surface area contributed by atoms with Crippen LogP contribution in [0.3, 0.4) is 0 Å². The first-order valence-corrected chi connectivity index (χ1v) is 12.2. The van der Waals surface area contributed by atoms with Crippen LogP contribution in [0.15, 0.2) is 67.0 Å². The number of cyclic esters (lactones) is 1. The number of nitrogens with zero attached hydrogens (tertiary/aromatic N) is 4. The lowest BCUT2D eigenvalue weighted by Gasteiger charge is -2.38. The predicted octanol–water partition coefficient (Wildman–Crippen LogP) is 4.95. The largest absolute Gasteiger partial charge is 0.457 e. The van der Waals surface area contributed by atoms with Gasteiger partial charge >= 0.3 is 5.97 Å². The van der Waals surface area contributed by atoms with E-state index in [4.69, 9.17) is 4.74 Å². The highest BCUT2D eigenvalue weighted by molar-refractivity contribution is 5.94. The van der Waals surface area contributed by atoms with E-state index < -0.39 is 0 Å². The van der Waals surface area contributed by atoms with Gasteiger partial charge < -0.3 is 15.0 Å². The minimum Gasteiger partial charge on any atom is -0.457 e. The molecular weight excluding hydrogens is 438 g/mol. The van der Waals surface area contributed by atoms with Crippen LogP contribution in [0.2, 0.25) is 0 Å². The third-order valence-electron chi connectivity index (χ3n) is 7.08. The molecule has 0 radical (unpaired) electrons. The first kappa shape index (κ1) is 21.7. The number of rotatable bonds is 5. The molecule has 0 amide bonds. The molecule has 35 heavy (non-hydrogen) atoms. The number of esters is 1. The molecule has 0 atom stereocenters. The number of fused-ring (bicyclic) bond motifs is 2. The molecule has 4 heterocycles. The van der Waals surface area contributed by atoms with Gasteiger partial charge in [0.1, 0.15) is 6.61 Å². The molecular formula is C28H29N5O2. The lowest BCUT2D eigenvalue weighted by Crippen LogP contribution is -2.48. The number of carbonyl (C=O) groups is 1. The first-order chi connectivity index (χ1) is 17.1. The summed E-state index contributed by atoms with van der Waals surface area (Å²) < 4.78 is 7.23. The second-order valence-electron chi connectivity index (χ2n) is 9.49. The summed E-state index contributed by atoms with van der Waals surface area (Å²) in [5.41, 5.74) is 7.70. The fourth-order valence-corrected chi connectivity index (χ4v) is 5.05. The van der Waals surface area contributed by atoms with Crippen LogP contribution in [0.25, 0.3) is 16.9 Å². The third kappa shape index (κ3) is 4.02. The summed E-state index contributed by atoms with van der Waals surface area (Å²) in [7, 11) is 0. The van der Waals surface area contributed by atoms with Crippen molar-refractivity contribution in [2.45, 2.75) is 26.5 Å². The van der Waals surface area contributed by atoms with Crippen LogP contribution in [0.5, 0.6) is 0 Å². The first-order valence-electron chi connectivity index (χ1n) is 12.2. The van der Waals surface area contributed by atoms with E-state index in [2.05, 4.69) is 74.7 Å². The Morgan fingerprint density at radius 3 is 2.54 bits per heavy atom. The van der Waals surface area contributed by atoms with Crippen LogP contribution < -0.4 is 10.2 Å². The average molecular weight is 468 g/mol. The van der Waals surface area contributed by atoms with Crippen LogP contribution >= 0.6 is 0 Å². The van der Waals surface area contributed by atoms with E-state index in [9.17, 15) is 4.79 Å². The topological polar surface area (TPSA) is 62.1 Å². The zero-order valence-electron chi connectivity index (χ0n) is 20.1. The summed E-state index contributed by atoms with van der Waals surface area (Å²) in [5.74, 6) is -0.247. The highest BCUT2D eigenvalue weighted by Gasteiger charge is 2.22. The van der Waals surface area contributed by atoms with E-state index in [1.165, 1.54) is 5.69 Å². The normalized spacial score (nSPS) is 16.1. The van der Waals surface area contributed by atoms with Gasteiger partial charge in [-0.3, -0.25) is 9.30 Å². The Morgan fingerprint density at radius 2 is 1.77 bits per heavy atom. The van der Waals surface area contributed by atoms with Gasteiger partial charge in [0.2, 0.25) is 0 Å². The van der Waals surface area contributed by atoms with Crippen LogP contribution in [0, 0.1) is 0 Å². The average Bonchev–Trinajstić information content (AvgIpc) is 3.52. The Balaban J connectivity index is 1.22. The van der Waals surface area contributed by atoms with E-state index in [0.717, 1.165) is 60.0 Å². The molecule has 4 aromatic rings. The summed E-state index contributed by atoms with van der Waals surface area (Å²) in [6, 6.07) is 19.2. The highest BCUT2D eigenvalue weighted by atomic mass is 16.5. The molecule has 2 aliphatic heterocycles. The van der Waals surface area contributed by atoms with E-state index in [0.29, 0.717) is 18.2 Å². The molecule has 7 heteroatoms. The van der Waals surface area contributed by atoms with Crippen molar-refractivity contribution in [1.82, 2.24) is 14.3 Å². The molecule has 1 N–H and O–H groups in total. The molecule has 0 saturated carbocycles. The van der Waals surface area contributed by atoms with Gasteiger partial charge in [-0.05, 0) is 67.9 Å². The zero-order valence-corrected chi connectivity index (χ0v) is 20.1. The Morgan fingerprint density at radius 1 is 0.971 bits per heavy atom. The van der Waals surface area contributed by atoms with Gasteiger partial charge in [-0.15, -0.1) is 0 Å². The Kier molecular flexibility index (Phi) is 5.41. The van der Waals surface area contributed by atoms with Gasteiger partial charge in [0, 0.05) is 61.6 Å². The van der Waals surface area contributed by atoms with Gasteiger partial charge in [-0.25, -0.2) is 9.78 Å². The van der Waals surface area contributed by atoms with Crippen molar-refractivity contribution in [1.29, 1.82) is 0 Å². The molecule has 2 aromatic heterocycles. The Labute approximate surface area is 205 Å². The third-order valence-corrected chi connectivity index (χ3v) is 7.08. The van der Waals surface area contributed by atoms with E-state index in [1.54, 1.807) is 0 Å². The van der Waals surface area contributed by atoms with Gasteiger partial charge in [-0.1, -0.05) is 6.07 Å². The number of anilines is 3. The molecule has 0 aliphatic carbocycles. The van der Waals surface area contributed by atoms with Crippen molar-refractivity contribution in [3.63, 3.8) is 0 Å². The van der Waals surface area contributed by atoms with Crippen molar-refractivity contribution in [2.24, 2.45) is 0 Å². The van der Waals surface area contributed by atoms with Crippen LogP contribution in [0.1, 0.15) is 29.8 Å². The maximum Gasteiger partial charge on any atom is 0.338 e. The molecule has 0 spiro atoms. The second kappa shape index (κ2) is 8.74. The number of carbonyl (C=O) groups excluding carboxylic acids is 1. The molecule has 7 nitrogen and oxygen atoms in total. The van der Waals surface area contributed by atoms with Crippen molar-refractivity contribution >= 4 is 28.7 Å². The number of aromatic nitrogens is 2. The highest BCUT2D eigenvalue weighted by Crippen LogP contribution is 2.31. The Bertz CT molecular complexity index is 1380. The van der Waals surface area contributed by atoms with Crippen molar-refractivity contribution < 1.29 is 9.53 Å². The molecule has 1 saturated heterocycles. The Hall–Kier alpha value is -3.84. The van der Waals surface area contributed by atoms with Gasteiger partial charge in [0.05, 0.1) is 16.9 Å². The number of nitrogens with one attached hydrogen (secondary N) is 1. The lowest BCUT2D eigenvalue weighted by molar-refractivity contribution is 0.0535. The number of hydrogen-bond acceptors (Lipinski definition) is 6. The number of piperazine rings is 1. The van der Waals surface area contributed by atoms with E-state index in [1.807, 2.05) is 30.6 Å². The molecule has 0 unspecified atom stereocenters. The fraction of sp³-hybridized carbons (Fsp3) is 0.286. The van der Waals surface area contributed by atoms with Gasteiger partial charge in [0.15, 0.2) is 5.65 Å². The summed E-state index contributed by atoms with van der Waals surface area (Å²) >= 11 is 0. The monoisotopic (exact) mass is 467 g/mol. The zero-order chi connectivity index (χ0) is 23.9. The van der Waals surface area contributed by atoms with Crippen LogP contribution in [-0.2, 0) is 11.3 Å². The molecule has 6 rings (SSSR count). The molecule has 2 aliphatic rings. The fourth-order valence-electron chi connectivity index (χ4n) is 5.05. The smallest absolute Gasteiger partial charge is 0.338 e. The predicted molar refractivity (Wildman–Crippen MR) is 138 cm³/mol. The molecule has 0 bridgehead atoms. The van der Waals surface area contributed by atoms with Gasteiger partial charge in [0.25, 0.3) is 0 Å². The molecule has 1 fully saturated rings. The maximum absolute atomic E-state index is 11.8. The summed E-state index contributed by atoms with van der Waals surface area (Å²) in [5, 5.41) is 3.54. The van der Waals surface area contributed by atoms with Gasteiger partial charge in [-0.2, -0.15) is 0 Å². The maximum atomic E-state index is 11.8. The quantitative estimate of drug-likeness (QED) is 0.419. The number of ether oxygens (including phenoxy) is 1. The minimum atomic E-state index is -0.247. The van der Waals surface area contributed by atoms with Crippen LogP contribution in [-0.4, -0.2) is 52.5 Å². The SMILES string of the molecule is CC(C)N1CCN(c2ccc(Nc3ccc(-c4ccc5c(c4)COC5=O)n4ccnc34)cc2)CC1. The minimum absolute atomic E-state index is 0.247. The number of pyridine rings is 1. The summed E-state index contributed by atoms with van der Waals surface area (Å²) in [4.78, 5) is 21.4. The van der Waals surface area contributed by atoms with Crippen molar-refractivity contribution in [3.05, 3.63) is 78.1 Å². The lowest BCUT2D eigenvalue weighted by atomic mass is 10.0. The van der Waals surface area contributed by atoms with E-state index in [-0.39, 0.29) is 5.97 Å². The molecule has 178 valence electrons. The number of imidazole rings is 1. The summed E-state index contributed by atoms with van der Waals surface area (Å²) in [6.45, 7) is 9.20.